The van der Waals surface area contributed by atoms with Crippen molar-refractivity contribution in [2.45, 2.75) is 24.9 Å². The molecule has 0 amide bonds. The standard InChI is InChI=1S/C10H13N5O4/c11-10-13-8-7(9(18)14-10)12-3-15(8)6-1-4(17)5(2-16)19-6/h3-6,16-17H,1-2H2,(H3,11,13,14,18)/t4-,5+,6+/m0/s1/i2D/t2?,4-,5+,6+. The number of aliphatic hydroxyl groups is 2. The van der Waals surface area contributed by atoms with Crippen molar-refractivity contribution < 1.29 is 16.3 Å². The molecule has 1 saturated heterocycles. The summed E-state index contributed by atoms with van der Waals surface area (Å²) in [7, 11) is 0. The molecule has 3 rings (SSSR count). The highest BCUT2D eigenvalue weighted by atomic mass is 16.5. The molecule has 1 aliphatic heterocycles. The lowest BCUT2D eigenvalue weighted by Crippen LogP contribution is -2.24. The lowest BCUT2D eigenvalue weighted by molar-refractivity contribution is -0.0432. The van der Waals surface area contributed by atoms with Gasteiger partial charge in [-0.15, -0.1) is 0 Å². The van der Waals surface area contributed by atoms with Crippen molar-refractivity contribution in [3.63, 3.8) is 0 Å². The number of nitrogens with zero attached hydrogens (tertiary/aromatic N) is 3. The van der Waals surface area contributed by atoms with E-state index in [0.29, 0.717) is 0 Å². The highest BCUT2D eigenvalue weighted by Crippen LogP contribution is 2.30. The van der Waals surface area contributed by atoms with Gasteiger partial charge in [0.1, 0.15) is 12.3 Å². The van der Waals surface area contributed by atoms with Crippen molar-refractivity contribution >= 4 is 17.1 Å². The number of anilines is 1. The molecule has 3 heterocycles. The summed E-state index contributed by atoms with van der Waals surface area (Å²) in [5.41, 5.74) is 5.35. The molecule has 9 nitrogen and oxygen atoms in total. The SMILES string of the molecule is [2H]C(O)[C@H]1O[C@@H](n2cnc3c(=O)[nH]c(N)nc32)C[C@@H]1O. The van der Waals surface area contributed by atoms with Crippen molar-refractivity contribution in [3.8, 4) is 0 Å². The molecule has 0 spiro atoms. The van der Waals surface area contributed by atoms with Gasteiger partial charge < -0.3 is 20.7 Å². The minimum absolute atomic E-state index is 0.0557. The van der Waals surface area contributed by atoms with Crippen molar-refractivity contribution in [1.29, 1.82) is 0 Å². The zero-order valence-corrected chi connectivity index (χ0v) is 9.72. The van der Waals surface area contributed by atoms with Crippen LogP contribution in [0.5, 0.6) is 0 Å². The Balaban J connectivity index is 2.02. The van der Waals surface area contributed by atoms with E-state index in [1.54, 1.807) is 0 Å². The van der Waals surface area contributed by atoms with E-state index >= 15 is 0 Å². The molecule has 4 atom stereocenters. The molecule has 0 aromatic carbocycles. The first-order valence-electron chi connectivity index (χ1n) is 6.21. The van der Waals surface area contributed by atoms with Crippen LogP contribution in [0.1, 0.15) is 14.0 Å². The molecule has 0 aliphatic carbocycles. The van der Waals surface area contributed by atoms with Crippen molar-refractivity contribution in [3.05, 3.63) is 16.7 Å². The van der Waals surface area contributed by atoms with Gasteiger partial charge in [-0.25, -0.2) is 4.98 Å². The number of nitrogens with two attached hydrogens (primary N) is 1. The van der Waals surface area contributed by atoms with Crippen molar-refractivity contribution in [2.24, 2.45) is 0 Å². The summed E-state index contributed by atoms with van der Waals surface area (Å²) in [6, 6.07) is 0. The number of hydrogen-bond donors (Lipinski definition) is 4. The fraction of sp³-hybridized carbons (Fsp3) is 0.500. The molecule has 0 bridgehead atoms. The number of fused-ring (bicyclic) bond motifs is 1. The van der Waals surface area contributed by atoms with Crippen LogP contribution in [-0.4, -0.2) is 48.5 Å². The van der Waals surface area contributed by atoms with Crippen LogP contribution >= 0.6 is 0 Å². The molecule has 1 fully saturated rings. The minimum Gasteiger partial charge on any atom is -0.394 e. The molecule has 9 heteroatoms. The van der Waals surface area contributed by atoms with E-state index in [1.165, 1.54) is 10.9 Å². The molecular weight excluding hydrogens is 254 g/mol. The monoisotopic (exact) mass is 268 g/mol. The quantitative estimate of drug-likeness (QED) is 0.511. The average molecular weight is 268 g/mol. The van der Waals surface area contributed by atoms with E-state index < -0.39 is 30.6 Å². The van der Waals surface area contributed by atoms with E-state index in [4.69, 9.17) is 11.8 Å². The molecule has 1 unspecified atom stereocenters. The fourth-order valence-corrected chi connectivity index (χ4v) is 2.14. The number of aliphatic hydroxyl groups excluding tert-OH is 2. The van der Waals surface area contributed by atoms with Crippen LogP contribution in [0.3, 0.4) is 0 Å². The second-order valence-electron chi connectivity index (χ2n) is 4.28. The van der Waals surface area contributed by atoms with E-state index in [9.17, 15) is 15.0 Å². The molecule has 102 valence electrons. The highest BCUT2D eigenvalue weighted by molar-refractivity contribution is 5.70. The second kappa shape index (κ2) is 4.30. The Morgan fingerprint density at radius 1 is 1.74 bits per heavy atom. The van der Waals surface area contributed by atoms with Gasteiger partial charge in [0, 0.05) is 6.42 Å². The molecule has 0 saturated carbocycles. The van der Waals surface area contributed by atoms with Gasteiger partial charge in [-0.3, -0.25) is 14.3 Å². The van der Waals surface area contributed by atoms with Crippen LogP contribution in [0.2, 0.25) is 0 Å². The molecule has 5 N–H and O–H groups in total. The third-order valence-electron chi connectivity index (χ3n) is 3.04. The van der Waals surface area contributed by atoms with Crippen LogP contribution in [0.25, 0.3) is 11.2 Å². The van der Waals surface area contributed by atoms with Gasteiger partial charge in [0.2, 0.25) is 5.95 Å². The normalized spacial score (nSPS) is 29.6. The van der Waals surface area contributed by atoms with Crippen molar-refractivity contribution in [2.75, 3.05) is 12.3 Å². The molecular formula is C10H13N5O4. The predicted octanol–water partition coefficient (Wildman–Crippen LogP) is -1.66. The Morgan fingerprint density at radius 2 is 2.53 bits per heavy atom. The minimum atomic E-state index is -1.55. The van der Waals surface area contributed by atoms with Crippen molar-refractivity contribution in [1.82, 2.24) is 19.5 Å². The summed E-state index contributed by atoms with van der Waals surface area (Å²) in [6.45, 7) is -1.55. The summed E-state index contributed by atoms with van der Waals surface area (Å²) >= 11 is 0. The first-order chi connectivity index (χ1) is 9.47. The van der Waals surface area contributed by atoms with Gasteiger partial charge in [0.25, 0.3) is 5.56 Å². The summed E-state index contributed by atoms with van der Waals surface area (Å²) in [5.74, 6) is -0.0557. The molecule has 2 aromatic rings. The summed E-state index contributed by atoms with van der Waals surface area (Å²) < 4.78 is 14.1. The Labute approximate surface area is 108 Å². The van der Waals surface area contributed by atoms with Crippen LogP contribution < -0.4 is 11.3 Å². The molecule has 2 aromatic heterocycles. The van der Waals surface area contributed by atoms with Crippen LogP contribution in [0, 0.1) is 0 Å². The largest absolute Gasteiger partial charge is 0.394 e. The third-order valence-corrected chi connectivity index (χ3v) is 3.04. The highest BCUT2D eigenvalue weighted by Gasteiger charge is 2.35. The predicted molar refractivity (Wildman–Crippen MR) is 64.2 cm³/mol. The molecule has 0 radical (unpaired) electrons. The van der Waals surface area contributed by atoms with E-state index in [2.05, 4.69) is 15.0 Å². The van der Waals surface area contributed by atoms with E-state index in [1.807, 2.05) is 0 Å². The second-order valence-corrected chi connectivity index (χ2v) is 4.28. The maximum atomic E-state index is 11.7. The van der Waals surface area contributed by atoms with Gasteiger partial charge in [0.05, 0.1) is 20.4 Å². The number of aromatic amines is 1. The average Bonchev–Trinajstić information content (AvgIpc) is 2.92. The van der Waals surface area contributed by atoms with Gasteiger partial charge in [0.15, 0.2) is 11.2 Å². The molecule has 19 heavy (non-hydrogen) atoms. The Bertz CT molecular complexity index is 699. The van der Waals surface area contributed by atoms with E-state index in [0.717, 1.165) is 0 Å². The maximum absolute atomic E-state index is 11.7. The number of aromatic nitrogens is 4. The van der Waals surface area contributed by atoms with Gasteiger partial charge >= 0.3 is 0 Å². The Kier molecular flexibility index (Phi) is 2.47. The lowest BCUT2D eigenvalue weighted by atomic mass is 10.2. The van der Waals surface area contributed by atoms with Gasteiger partial charge in [-0.05, 0) is 0 Å². The number of hydrogen-bond acceptors (Lipinski definition) is 7. The zero-order chi connectivity index (χ0) is 14.4. The Morgan fingerprint density at radius 3 is 3.21 bits per heavy atom. The Hall–Kier alpha value is -1.97. The number of nitrogens with one attached hydrogen (secondary N) is 1. The van der Waals surface area contributed by atoms with Crippen LogP contribution in [-0.2, 0) is 4.74 Å². The van der Waals surface area contributed by atoms with Crippen LogP contribution in [0.4, 0.5) is 5.95 Å². The summed E-state index contributed by atoms with van der Waals surface area (Å²) in [5, 5.41) is 19.0. The third kappa shape index (κ3) is 1.87. The van der Waals surface area contributed by atoms with Gasteiger partial charge in [-0.2, -0.15) is 4.98 Å². The summed E-state index contributed by atoms with van der Waals surface area (Å²) in [4.78, 5) is 21.9. The number of nitrogen functional groups attached to an aromatic ring is 1. The smallest absolute Gasteiger partial charge is 0.280 e. The van der Waals surface area contributed by atoms with Gasteiger partial charge in [-0.1, -0.05) is 0 Å². The summed E-state index contributed by atoms with van der Waals surface area (Å²) in [6.07, 6.45) is -1.17. The lowest BCUT2D eigenvalue weighted by Gasteiger charge is -2.13. The first kappa shape index (κ1) is 10.9. The van der Waals surface area contributed by atoms with Crippen LogP contribution in [0.15, 0.2) is 11.1 Å². The zero-order valence-electron chi connectivity index (χ0n) is 10.7. The maximum Gasteiger partial charge on any atom is 0.280 e. The number of ether oxygens (including phenoxy) is 1. The fourth-order valence-electron chi connectivity index (χ4n) is 2.14. The number of H-pyrrole nitrogens is 1. The number of imidazole rings is 1. The van der Waals surface area contributed by atoms with E-state index in [-0.39, 0.29) is 23.5 Å². The number of rotatable bonds is 2. The first-order valence-corrected chi connectivity index (χ1v) is 5.63. The topological polar surface area (TPSA) is 139 Å². The molecule has 1 aliphatic rings.